The average molecular weight is 973 g/mol. The van der Waals surface area contributed by atoms with Crippen LogP contribution in [0.2, 0.25) is 0 Å². The molecule has 2 saturated heterocycles. The van der Waals surface area contributed by atoms with E-state index >= 15 is 0 Å². The van der Waals surface area contributed by atoms with Gasteiger partial charge in [-0.05, 0) is 65.5 Å². The lowest BCUT2D eigenvalue weighted by atomic mass is 10.0. The Balaban J connectivity index is 0.922. The summed E-state index contributed by atoms with van der Waals surface area (Å²) in [4.78, 5) is 90.4. The van der Waals surface area contributed by atoms with Gasteiger partial charge in [-0.25, -0.2) is 29.5 Å². The van der Waals surface area contributed by atoms with E-state index in [2.05, 4.69) is 38.9 Å². The molecule has 0 saturated carbocycles. The van der Waals surface area contributed by atoms with Crippen LogP contribution in [0.25, 0.3) is 44.1 Å². The molecule has 0 radical (unpaired) electrons. The van der Waals surface area contributed by atoms with Crippen molar-refractivity contribution in [2.75, 3.05) is 36.0 Å². The maximum absolute atomic E-state index is 14.5. The van der Waals surface area contributed by atoms with Crippen LogP contribution in [0, 0.1) is 18.8 Å². The Morgan fingerprint density at radius 3 is 1.94 bits per heavy atom. The Kier molecular flexibility index (Phi) is 13.2. The molecule has 2 aliphatic heterocycles. The summed E-state index contributed by atoms with van der Waals surface area (Å²) in [6, 6.07) is 15.4. The molecule has 3 N–H and O–H groups in total. The average Bonchev–Trinajstić information content (AvgIpc) is 3.96. The second-order valence-corrected chi connectivity index (χ2v) is 19.1. The Bertz CT molecular complexity index is 3750. The molecule has 0 aliphatic carbocycles. The number of nitrogens with one attached hydrogen (secondary N) is 1. The highest BCUT2D eigenvalue weighted by Gasteiger charge is 2.30. The summed E-state index contributed by atoms with van der Waals surface area (Å²) in [5, 5.41) is 5.65. The fourth-order valence-corrected chi connectivity index (χ4v) is 10.5. The van der Waals surface area contributed by atoms with Crippen molar-refractivity contribution in [1.29, 1.82) is 0 Å². The lowest BCUT2D eigenvalue weighted by molar-refractivity contribution is 0.378. The van der Waals surface area contributed by atoms with E-state index in [1.165, 1.54) is 18.3 Å². The van der Waals surface area contributed by atoms with Crippen LogP contribution in [0.3, 0.4) is 0 Å². The van der Waals surface area contributed by atoms with Gasteiger partial charge in [0.25, 0.3) is 11.1 Å². The monoisotopic (exact) mass is 972 g/mol. The second kappa shape index (κ2) is 19.8. The van der Waals surface area contributed by atoms with Crippen LogP contribution >= 0.6 is 0 Å². The van der Waals surface area contributed by atoms with E-state index in [1.807, 2.05) is 79.1 Å². The standard InChI is InChI=1S/C52H60N16O4/c1-7-9-25-65-43-45(59-49(65)63-23-15-17-34(53)28-63)61(5)52(72)68(48(43)70)31-42-57-39-22-14-12-20-37(39)40(58-42)27-32(3)54-35-18-16-24-64(29-35)50-60-46-44(66(50)26-10-8-2)47(69)67(51(71)62(46)6)30-41-55-33(4)36-19-11-13-21-38(36)56-41/h8,10-14,19-22,32,34-35,54H,15-18,23-31,53H2,1-6H3/t32?,34-,35-/m1/s1. The molecule has 10 rings (SSSR count). The molecule has 0 spiro atoms. The summed E-state index contributed by atoms with van der Waals surface area (Å²) < 4.78 is 8.96. The molecule has 2 aliphatic rings. The van der Waals surface area contributed by atoms with Crippen molar-refractivity contribution in [1.82, 2.24) is 62.6 Å². The molecular weight excluding hydrogens is 913 g/mol. The normalized spacial score (nSPS) is 16.9. The van der Waals surface area contributed by atoms with Gasteiger partial charge in [0.15, 0.2) is 22.3 Å². The molecule has 2 aromatic carbocycles. The first-order chi connectivity index (χ1) is 34.8. The Labute approximate surface area is 414 Å². The van der Waals surface area contributed by atoms with E-state index in [4.69, 9.17) is 30.7 Å². The fourth-order valence-electron chi connectivity index (χ4n) is 10.5. The van der Waals surface area contributed by atoms with Gasteiger partial charge in [-0.3, -0.25) is 32.4 Å². The minimum absolute atomic E-state index is 0.0281. The third kappa shape index (κ3) is 8.87. The molecule has 72 heavy (non-hydrogen) atoms. The number of allylic oxidation sites excluding steroid dienone is 2. The molecule has 8 heterocycles. The molecule has 372 valence electrons. The van der Waals surface area contributed by atoms with Crippen LogP contribution < -0.4 is 43.3 Å². The molecule has 20 heteroatoms. The van der Waals surface area contributed by atoms with Crippen molar-refractivity contribution in [3.63, 3.8) is 0 Å². The molecule has 3 atom stereocenters. The summed E-state index contributed by atoms with van der Waals surface area (Å²) in [5.41, 5.74) is 8.65. The van der Waals surface area contributed by atoms with E-state index in [1.54, 1.807) is 25.6 Å². The van der Waals surface area contributed by atoms with Gasteiger partial charge in [0.05, 0.1) is 36.4 Å². The topological polar surface area (TPSA) is 220 Å². The number of aryl methyl sites for hydroxylation is 3. The van der Waals surface area contributed by atoms with Crippen molar-refractivity contribution < 1.29 is 0 Å². The molecule has 0 amide bonds. The van der Waals surface area contributed by atoms with Crippen LogP contribution in [0.4, 0.5) is 11.9 Å². The maximum Gasteiger partial charge on any atom is 0.332 e. The summed E-state index contributed by atoms with van der Waals surface area (Å²) >= 11 is 0. The highest BCUT2D eigenvalue weighted by Crippen LogP contribution is 2.26. The molecule has 0 bridgehead atoms. The maximum atomic E-state index is 14.5. The minimum Gasteiger partial charge on any atom is -0.341 e. The predicted octanol–water partition coefficient (Wildman–Crippen LogP) is 3.11. The number of piperidine rings is 2. The largest absolute Gasteiger partial charge is 0.341 e. The number of aromatic nitrogens is 12. The molecule has 8 aromatic rings. The van der Waals surface area contributed by atoms with Gasteiger partial charge in [0.2, 0.25) is 11.9 Å². The van der Waals surface area contributed by atoms with Gasteiger partial charge >= 0.3 is 11.4 Å². The number of nitrogens with zero attached hydrogens (tertiary/aromatic N) is 14. The van der Waals surface area contributed by atoms with E-state index < -0.39 is 22.5 Å². The van der Waals surface area contributed by atoms with E-state index in [9.17, 15) is 19.2 Å². The van der Waals surface area contributed by atoms with Crippen molar-refractivity contribution in [2.24, 2.45) is 19.8 Å². The lowest BCUT2D eigenvalue weighted by Crippen LogP contribution is -2.49. The lowest BCUT2D eigenvalue weighted by Gasteiger charge is -2.35. The number of fused-ring (bicyclic) bond motifs is 4. The third-order valence-electron chi connectivity index (χ3n) is 14.0. The first-order valence-corrected chi connectivity index (χ1v) is 24.7. The van der Waals surface area contributed by atoms with E-state index in [0.717, 1.165) is 59.9 Å². The number of anilines is 2. The van der Waals surface area contributed by atoms with Gasteiger partial charge < -0.3 is 25.4 Å². The Hall–Kier alpha value is -7.76. The number of benzene rings is 2. The zero-order valence-corrected chi connectivity index (χ0v) is 41.7. The summed E-state index contributed by atoms with van der Waals surface area (Å²) in [6.45, 7) is 10.7. The van der Waals surface area contributed by atoms with E-state index in [0.29, 0.717) is 72.8 Å². The van der Waals surface area contributed by atoms with Crippen LogP contribution in [0.5, 0.6) is 0 Å². The van der Waals surface area contributed by atoms with Crippen LogP contribution in [-0.4, -0.2) is 102 Å². The quantitative estimate of drug-likeness (QED) is 0.125. The first kappa shape index (κ1) is 47.9. The molecule has 6 aromatic heterocycles. The zero-order chi connectivity index (χ0) is 50.4. The van der Waals surface area contributed by atoms with Crippen LogP contribution in [0.1, 0.15) is 69.5 Å². The fraction of sp³-hybridized carbons (Fsp3) is 0.423. The van der Waals surface area contributed by atoms with Crippen molar-refractivity contribution in [3.05, 3.63) is 125 Å². The number of nitrogens with two attached hydrogens (primary N) is 1. The van der Waals surface area contributed by atoms with Gasteiger partial charge in [-0.1, -0.05) is 54.5 Å². The summed E-state index contributed by atoms with van der Waals surface area (Å²) in [7, 11) is 3.27. The van der Waals surface area contributed by atoms with Gasteiger partial charge in [-0.2, -0.15) is 9.97 Å². The van der Waals surface area contributed by atoms with Crippen molar-refractivity contribution in [2.45, 2.75) is 104 Å². The number of rotatable bonds is 13. The molecular formula is C52H60N16O4. The Morgan fingerprint density at radius 1 is 0.736 bits per heavy atom. The summed E-state index contributed by atoms with van der Waals surface area (Å²) in [5.74, 6) is 7.94. The third-order valence-corrected chi connectivity index (χ3v) is 14.0. The van der Waals surface area contributed by atoms with Gasteiger partial charge in [0.1, 0.15) is 11.6 Å². The smallest absolute Gasteiger partial charge is 0.332 e. The highest BCUT2D eigenvalue weighted by molar-refractivity contribution is 5.82. The van der Waals surface area contributed by atoms with Gasteiger partial charge in [0, 0.05) is 87.8 Å². The van der Waals surface area contributed by atoms with Crippen molar-refractivity contribution >= 4 is 56.0 Å². The van der Waals surface area contributed by atoms with E-state index in [-0.39, 0.29) is 48.9 Å². The summed E-state index contributed by atoms with van der Waals surface area (Å²) in [6.07, 6.45) is 8.01. The number of imidazole rings is 2. The zero-order valence-electron chi connectivity index (χ0n) is 41.7. The van der Waals surface area contributed by atoms with Crippen molar-refractivity contribution in [3.8, 4) is 11.8 Å². The highest BCUT2D eigenvalue weighted by atomic mass is 16.2. The van der Waals surface area contributed by atoms with Crippen LogP contribution in [0.15, 0.2) is 79.9 Å². The second-order valence-electron chi connectivity index (χ2n) is 19.1. The SMILES string of the molecule is CC#CCn1c(N2CCC[C@@H](N)C2)nc2c1c(=O)n(Cc1nc(CC(C)N[C@@H]3CCCN(c4nc5c(c(=O)n(Cc6nc(C)c7ccccc7n6)c(=O)n5C)n4CC=CC)C3)c3ccccc3n1)c(=O)n2C. The molecule has 20 nitrogen and oxygen atoms in total. The number of hydrogen-bond donors (Lipinski definition) is 2. The number of para-hydroxylation sites is 2. The predicted molar refractivity (Wildman–Crippen MR) is 280 cm³/mol. The Morgan fingerprint density at radius 2 is 1.31 bits per heavy atom. The van der Waals surface area contributed by atoms with Gasteiger partial charge in [-0.15, -0.1) is 5.92 Å². The molecule has 1 unspecified atom stereocenters. The van der Waals surface area contributed by atoms with Crippen LogP contribution in [-0.2, 0) is 46.7 Å². The number of hydrogen-bond acceptors (Lipinski definition) is 14. The first-order valence-electron chi connectivity index (χ1n) is 24.7. The minimum atomic E-state index is -0.520. The molecule has 2 fully saturated rings.